The molecule has 0 aliphatic heterocycles. The Balaban J connectivity index is 1.74. The molecular weight excluding hydrogens is 373 g/mol. The molecule has 1 aromatic heterocycles. The van der Waals surface area contributed by atoms with E-state index in [9.17, 15) is 22.0 Å². The Labute approximate surface area is 148 Å². The number of rotatable bonds is 4. The lowest BCUT2D eigenvalue weighted by Crippen LogP contribution is -2.08. The first-order valence-corrected chi connectivity index (χ1v) is 8.09. The summed E-state index contributed by atoms with van der Waals surface area (Å²) in [4.78, 5) is 4.26. The third-order valence-corrected chi connectivity index (χ3v) is 4.08. The van der Waals surface area contributed by atoms with Gasteiger partial charge in [-0.2, -0.15) is 18.3 Å². The number of hydrogen-bond acceptors (Lipinski definition) is 4. The highest BCUT2D eigenvalue weighted by Gasteiger charge is 2.32. The van der Waals surface area contributed by atoms with Crippen molar-refractivity contribution in [1.29, 1.82) is 0 Å². The van der Waals surface area contributed by atoms with Gasteiger partial charge < -0.3 is 0 Å². The standard InChI is InChI=1S/C17H10F5N3S/c18-13-6-11(17(20,21)22)7-14(19)12(13)8-23-25-16-24-15(9-26-16)10-4-2-1-3-5-10/h1-9H,(H,24,25). The number of hydrogen-bond donors (Lipinski definition) is 1. The molecule has 1 N–H and O–H groups in total. The van der Waals surface area contributed by atoms with Gasteiger partial charge in [-0.3, -0.25) is 5.43 Å². The van der Waals surface area contributed by atoms with Gasteiger partial charge in [0.15, 0.2) is 0 Å². The minimum absolute atomic E-state index is 0.224. The number of nitrogens with one attached hydrogen (secondary N) is 1. The zero-order chi connectivity index (χ0) is 18.7. The highest BCUT2D eigenvalue weighted by atomic mass is 32.1. The topological polar surface area (TPSA) is 37.3 Å². The largest absolute Gasteiger partial charge is 0.416 e. The summed E-state index contributed by atoms with van der Waals surface area (Å²) in [6.45, 7) is 0. The Hall–Kier alpha value is -2.81. The van der Waals surface area contributed by atoms with Crippen molar-refractivity contribution < 1.29 is 22.0 Å². The number of nitrogens with zero attached hydrogens (tertiary/aromatic N) is 2. The van der Waals surface area contributed by atoms with Gasteiger partial charge in [0.2, 0.25) is 5.13 Å². The minimum atomic E-state index is -4.83. The molecule has 0 bridgehead atoms. The van der Waals surface area contributed by atoms with Crippen molar-refractivity contribution in [1.82, 2.24) is 4.98 Å². The molecule has 0 radical (unpaired) electrons. The average Bonchev–Trinajstić information content (AvgIpc) is 3.06. The minimum Gasteiger partial charge on any atom is -0.253 e. The first-order valence-electron chi connectivity index (χ1n) is 7.21. The maximum Gasteiger partial charge on any atom is 0.416 e. The van der Waals surface area contributed by atoms with Crippen LogP contribution in [0.3, 0.4) is 0 Å². The first kappa shape index (κ1) is 18.0. The SMILES string of the molecule is Fc1cc(C(F)(F)F)cc(F)c1C=NNc1nc(-c2ccccc2)cs1. The summed E-state index contributed by atoms with van der Waals surface area (Å²) in [5, 5.41) is 5.78. The predicted molar refractivity (Wildman–Crippen MR) is 90.1 cm³/mol. The number of aromatic nitrogens is 1. The van der Waals surface area contributed by atoms with Crippen LogP contribution in [0.15, 0.2) is 52.9 Å². The molecule has 134 valence electrons. The third kappa shape index (κ3) is 4.05. The molecule has 9 heteroatoms. The summed E-state index contributed by atoms with van der Waals surface area (Å²) < 4.78 is 65.0. The van der Waals surface area contributed by atoms with Crippen LogP contribution >= 0.6 is 11.3 Å². The third-order valence-electron chi connectivity index (χ3n) is 3.33. The molecule has 3 aromatic rings. The Kier molecular flexibility index (Phi) is 4.99. The molecule has 0 saturated heterocycles. The Morgan fingerprint density at radius 1 is 1.04 bits per heavy atom. The number of alkyl halides is 3. The zero-order valence-electron chi connectivity index (χ0n) is 12.9. The van der Waals surface area contributed by atoms with Crippen LogP contribution < -0.4 is 5.43 Å². The molecule has 0 aliphatic carbocycles. The second kappa shape index (κ2) is 7.20. The molecule has 1 heterocycles. The number of thiazole rings is 1. The molecule has 0 amide bonds. The van der Waals surface area contributed by atoms with E-state index in [1.54, 1.807) is 5.38 Å². The summed E-state index contributed by atoms with van der Waals surface area (Å²) in [5.41, 5.74) is 2.01. The van der Waals surface area contributed by atoms with Gasteiger partial charge in [0.1, 0.15) is 11.6 Å². The van der Waals surface area contributed by atoms with E-state index >= 15 is 0 Å². The molecule has 0 atom stereocenters. The van der Waals surface area contributed by atoms with Crippen molar-refractivity contribution in [3.05, 3.63) is 70.6 Å². The summed E-state index contributed by atoms with van der Waals surface area (Å²) in [6.07, 6.45) is -4.06. The van der Waals surface area contributed by atoms with Gasteiger partial charge in [0.25, 0.3) is 0 Å². The Bertz CT molecular complexity index is 912. The summed E-state index contributed by atoms with van der Waals surface area (Å²) >= 11 is 1.22. The molecule has 0 unspecified atom stereocenters. The summed E-state index contributed by atoms with van der Waals surface area (Å²) in [5.74, 6) is -2.71. The van der Waals surface area contributed by atoms with Crippen LogP contribution in [0, 0.1) is 11.6 Å². The van der Waals surface area contributed by atoms with Crippen LogP contribution in [0.25, 0.3) is 11.3 Å². The van der Waals surface area contributed by atoms with Gasteiger partial charge in [-0.15, -0.1) is 11.3 Å². The van der Waals surface area contributed by atoms with Crippen LogP contribution in [0.2, 0.25) is 0 Å². The summed E-state index contributed by atoms with van der Waals surface area (Å²) in [6, 6.07) is 9.77. The molecule has 0 fully saturated rings. The quantitative estimate of drug-likeness (QED) is 0.364. The van der Waals surface area contributed by atoms with Gasteiger partial charge in [0.05, 0.1) is 23.0 Å². The molecule has 0 aliphatic rings. The van der Waals surface area contributed by atoms with E-state index in [1.807, 2.05) is 30.3 Å². The number of anilines is 1. The van der Waals surface area contributed by atoms with E-state index in [2.05, 4.69) is 15.5 Å². The second-order valence-electron chi connectivity index (χ2n) is 5.13. The van der Waals surface area contributed by atoms with E-state index in [0.29, 0.717) is 10.8 Å². The van der Waals surface area contributed by atoms with Crippen LogP contribution in [0.1, 0.15) is 11.1 Å². The Morgan fingerprint density at radius 3 is 2.31 bits per heavy atom. The average molecular weight is 383 g/mol. The van der Waals surface area contributed by atoms with Crippen molar-refractivity contribution in [2.24, 2.45) is 5.10 Å². The van der Waals surface area contributed by atoms with Crippen LogP contribution in [-0.4, -0.2) is 11.2 Å². The van der Waals surface area contributed by atoms with Gasteiger partial charge in [-0.25, -0.2) is 13.8 Å². The second-order valence-corrected chi connectivity index (χ2v) is 5.98. The zero-order valence-corrected chi connectivity index (χ0v) is 13.7. The monoisotopic (exact) mass is 383 g/mol. The van der Waals surface area contributed by atoms with Gasteiger partial charge in [-0.05, 0) is 12.1 Å². The smallest absolute Gasteiger partial charge is 0.253 e. The van der Waals surface area contributed by atoms with E-state index in [-0.39, 0.29) is 12.1 Å². The van der Waals surface area contributed by atoms with Gasteiger partial charge in [0, 0.05) is 10.9 Å². The van der Waals surface area contributed by atoms with E-state index in [0.717, 1.165) is 11.8 Å². The number of hydrazone groups is 1. The molecule has 3 nitrogen and oxygen atoms in total. The molecule has 26 heavy (non-hydrogen) atoms. The molecule has 3 rings (SSSR count). The van der Waals surface area contributed by atoms with E-state index in [4.69, 9.17) is 0 Å². The molecule has 0 spiro atoms. The van der Waals surface area contributed by atoms with Crippen LogP contribution in [0.4, 0.5) is 27.1 Å². The highest BCUT2D eigenvalue weighted by molar-refractivity contribution is 7.14. The fourth-order valence-corrected chi connectivity index (χ4v) is 2.76. The van der Waals surface area contributed by atoms with Crippen molar-refractivity contribution in [2.45, 2.75) is 6.18 Å². The first-order chi connectivity index (χ1) is 12.3. The molecule has 0 saturated carbocycles. The van der Waals surface area contributed by atoms with Gasteiger partial charge >= 0.3 is 6.18 Å². The van der Waals surface area contributed by atoms with Crippen molar-refractivity contribution >= 4 is 22.7 Å². The normalized spacial score (nSPS) is 11.9. The van der Waals surface area contributed by atoms with E-state index in [1.165, 1.54) is 11.3 Å². The van der Waals surface area contributed by atoms with Crippen LogP contribution in [0.5, 0.6) is 0 Å². The maximum atomic E-state index is 13.7. The number of halogens is 5. The van der Waals surface area contributed by atoms with Crippen molar-refractivity contribution in [2.75, 3.05) is 5.43 Å². The lowest BCUT2D eigenvalue weighted by molar-refractivity contribution is -0.138. The molecular formula is C17H10F5N3S. The predicted octanol–water partition coefficient (Wildman–Crippen LogP) is 5.55. The molecule has 2 aromatic carbocycles. The highest BCUT2D eigenvalue weighted by Crippen LogP contribution is 2.31. The summed E-state index contributed by atoms with van der Waals surface area (Å²) in [7, 11) is 0. The lowest BCUT2D eigenvalue weighted by Gasteiger charge is -2.08. The fraction of sp³-hybridized carbons (Fsp3) is 0.0588. The van der Waals surface area contributed by atoms with Gasteiger partial charge in [-0.1, -0.05) is 30.3 Å². The van der Waals surface area contributed by atoms with Crippen molar-refractivity contribution in [3.8, 4) is 11.3 Å². The fourth-order valence-electron chi connectivity index (χ4n) is 2.09. The van der Waals surface area contributed by atoms with Crippen molar-refractivity contribution in [3.63, 3.8) is 0 Å². The van der Waals surface area contributed by atoms with Crippen LogP contribution in [-0.2, 0) is 6.18 Å². The maximum absolute atomic E-state index is 13.7. The lowest BCUT2D eigenvalue weighted by atomic mass is 10.1. The van der Waals surface area contributed by atoms with E-state index < -0.39 is 28.9 Å². The number of benzene rings is 2. The Morgan fingerprint density at radius 2 is 1.69 bits per heavy atom.